The van der Waals surface area contributed by atoms with Crippen molar-refractivity contribution < 1.29 is 34.8 Å². The fourth-order valence-corrected chi connectivity index (χ4v) is 3.45. The van der Waals surface area contributed by atoms with E-state index >= 15 is 0 Å². The third-order valence-corrected chi connectivity index (χ3v) is 5.39. The molecular formula is C15H23FIN3O8. The molecule has 0 spiro atoms. The molecule has 2 heterocycles. The number of aromatic amines is 1. The van der Waals surface area contributed by atoms with Crippen LogP contribution in [0.5, 0.6) is 0 Å². The van der Waals surface area contributed by atoms with E-state index in [1.807, 2.05) is 11.9 Å². The molecule has 1 aliphatic rings. The summed E-state index contributed by atoms with van der Waals surface area (Å²) in [5, 5.41) is 51.6. The van der Waals surface area contributed by atoms with Crippen molar-refractivity contribution in [3.05, 3.63) is 30.6 Å². The van der Waals surface area contributed by atoms with Gasteiger partial charge in [-0.2, -0.15) is 0 Å². The van der Waals surface area contributed by atoms with Crippen molar-refractivity contribution >= 4 is 22.6 Å². The number of H-pyrrole nitrogens is 1. The number of aliphatic hydroxyl groups is 4. The number of alkyl halides is 1. The summed E-state index contributed by atoms with van der Waals surface area (Å²) in [6.07, 6.45) is -3.86. The lowest BCUT2D eigenvalue weighted by Crippen LogP contribution is -2.69. The Morgan fingerprint density at radius 3 is 2.64 bits per heavy atom. The summed E-state index contributed by atoms with van der Waals surface area (Å²) in [4.78, 5) is 25.6. The highest BCUT2D eigenvalue weighted by atomic mass is 127. The van der Waals surface area contributed by atoms with Gasteiger partial charge in [-0.1, -0.05) is 19.8 Å². The van der Waals surface area contributed by atoms with E-state index < -0.39 is 48.0 Å². The molecule has 1 aliphatic heterocycles. The van der Waals surface area contributed by atoms with E-state index in [-0.39, 0.29) is 15.1 Å². The maximum atomic E-state index is 14.6. The lowest BCUT2D eigenvalue weighted by molar-refractivity contribution is -0.428. The second-order valence-corrected chi connectivity index (χ2v) is 7.66. The topological polar surface area (TPSA) is 168 Å². The summed E-state index contributed by atoms with van der Waals surface area (Å²) in [5.41, 5.74) is -5.33. The Hall–Kier alpha value is -0.940. The number of unbranched alkanes of at least 4 members (excludes halogenated alkanes) is 2. The Labute approximate surface area is 172 Å². The third-order valence-electron chi connectivity index (χ3n) is 4.63. The number of ether oxygens (including phenoxy) is 1. The first-order chi connectivity index (χ1) is 13.0. The molecule has 1 saturated heterocycles. The van der Waals surface area contributed by atoms with Crippen LogP contribution in [0.25, 0.3) is 0 Å². The molecule has 28 heavy (non-hydrogen) atoms. The zero-order chi connectivity index (χ0) is 21.3. The number of halogens is 2. The second kappa shape index (κ2) is 8.83. The monoisotopic (exact) mass is 519 g/mol. The number of aromatic nitrogens is 2. The molecule has 13 heteroatoms. The van der Waals surface area contributed by atoms with Crippen molar-refractivity contribution in [1.29, 1.82) is 0 Å². The molecule has 1 unspecified atom stereocenters. The largest absolute Gasteiger partial charge is 0.394 e. The first kappa shape index (κ1) is 23.3. The van der Waals surface area contributed by atoms with Crippen molar-refractivity contribution in [2.75, 3.05) is 6.61 Å². The van der Waals surface area contributed by atoms with Crippen LogP contribution in [0, 0.1) is 3.57 Å². The van der Waals surface area contributed by atoms with E-state index in [0.717, 1.165) is 12.6 Å². The summed E-state index contributed by atoms with van der Waals surface area (Å²) >= 11 is 1.53. The number of hydrogen-bond donors (Lipinski definition) is 6. The van der Waals surface area contributed by atoms with Crippen LogP contribution in [0.15, 0.2) is 15.8 Å². The molecule has 0 bridgehead atoms. The van der Waals surface area contributed by atoms with E-state index in [0.29, 0.717) is 17.4 Å². The molecule has 6 N–H and O–H groups in total. The van der Waals surface area contributed by atoms with Gasteiger partial charge in [0.15, 0.2) is 6.30 Å². The van der Waals surface area contributed by atoms with Gasteiger partial charge in [-0.25, -0.2) is 13.8 Å². The van der Waals surface area contributed by atoms with Gasteiger partial charge < -0.3 is 30.4 Å². The maximum absolute atomic E-state index is 14.6. The highest BCUT2D eigenvalue weighted by molar-refractivity contribution is 14.1. The van der Waals surface area contributed by atoms with Gasteiger partial charge in [-0.05, 0) is 35.4 Å². The van der Waals surface area contributed by atoms with E-state index in [2.05, 4.69) is 0 Å². The molecule has 5 atom stereocenters. The summed E-state index contributed by atoms with van der Waals surface area (Å²) < 4.78 is 19.8. The average molecular weight is 519 g/mol. The van der Waals surface area contributed by atoms with Gasteiger partial charge in [0.2, 0.25) is 5.72 Å². The van der Waals surface area contributed by atoms with Crippen molar-refractivity contribution in [1.82, 2.24) is 14.6 Å². The predicted molar refractivity (Wildman–Crippen MR) is 99.8 cm³/mol. The van der Waals surface area contributed by atoms with Crippen molar-refractivity contribution in [2.45, 2.75) is 62.7 Å². The highest BCUT2D eigenvalue weighted by Crippen LogP contribution is 2.44. The number of hydroxylamine groups is 2. The maximum Gasteiger partial charge on any atom is 0.332 e. The molecule has 11 nitrogen and oxygen atoms in total. The minimum atomic E-state index is -3.28. The van der Waals surface area contributed by atoms with Crippen molar-refractivity contribution in [3.63, 3.8) is 0 Å². The van der Waals surface area contributed by atoms with E-state index in [4.69, 9.17) is 4.74 Å². The predicted octanol–water partition coefficient (Wildman–Crippen LogP) is -1.25. The van der Waals surface area contributed by atoms with Crippen molar-refractivity contribution in [3.8, 4) is 0 Å². The fraction of sp³-hybridized carbons (Fsp3) is 0.733. The van der Waals surface area contributed by atoms with Crippen LogP contribution in [-0.2, 0) is 10.6 Å². The minimum Gasteiger partial charge on any atom is -0.394 e. The smallest absolute Gasteiger partial charge is 0.332 e. The Kier molecular flexibility index (Phi) is 7.36. The van der Waals surface area contributed by atoms with Crippen LogP contribution in [-0.4, -0.2) is 71.1 Å². The molecule has 0 aromatic carbocycles. The lowest BCUT2D eigenvalue weighted by Gasteiger charge is -2.43. The molecule has 160 valence electrons. The average Bonchev–Trinajstić information content (AvgIpc) is 2.86. The fourth-order valence-electron chi connectivity index (χ4n) is 3.04. The van der Waals surface area contributed by atoms with Crippen LogP contribution in [0.3, 0.4) is 0 Å². The van der Waals surface area contributed by atoms with Gasteiger partial charge >= 0.3 is 11.6 Å². The van der Waals surface area contributed by atoms with Gasteiger partial charge in [0, 0.05) is 6.20 Å². The van der Waals surface area contributed by atoms with Gasteiger partial charge in [-0.3, -0.25) is 9.78 Å². The molecule has 1 fully saturated rings. The Morgan fingerprint density at radius 2 is 2.07 bits per heavy atom. The molecule has 1 aromatic heterocycles. The van der Waals surface area contributed by atoms with Gasteiger partial charge in [0.1, 0.15) is 12.2 Å². The van der Waals surface area contributed by atoms with Crippen molar-refractivity contribution in [2.24, 2.45) is 0 Å². The summed E-state index contributed by atoms with van der Waals surface area (Å²) in [6, 6.07) is 0. The molecule has 1 aromatic rings. The number of nitrogens with zero attached hydrogens (tertiary/aromatic N) is 2. The van der Waals surface area contributed by atoms with Gasteiger partial charge in [0.05, 0.1) is 10.2 Å². The molecule has 0 saturated carbocycles. The standard InChI is InChI=1S/C15H23FIN3O8/c1-2-3-4-5-10(16)20(27)14(25)11(22)9(7-21)28-15(14,26)19-6-8(17)12(23)18-13(19)24/h6,9-11,21-22,25-27H,2-5,7H2,1H3,(H,18,23,24)/t9-,10?,11-,14-,15+/m1/s1. The minimum absolute atomic E-state index is 0.109. The number of rotatable bonds is 8. The molecule has 0 aliphatic carbocycles. The number of aliphatic hydroxyl groups excluding tert-OH is 2. The highest BCUT2D eigenvalue weighted by Gasteiger charge is 2.71. The SMILES string of the molecule is CCCCCC(F)N(O)[C@@]1(O)[C@H](O)[C@@H](CO)O[C@]1(O)n1cc(I)c(=O)[nH]c1=O. The van der Waals surface area contributed by atoms with Gasteiger partial charge in [0.25, 0.3) is 5.56 Å². The Morgan fingerprint density at radius 1 is 1.43 bits per heavy atom. The van der Waals surface area contributed by atoms with E-state index in [9.17, 15) is 39.6 Å². The number of nitrogens with one attached hydrogen (secondary N) is 1. The molecule has 0 radical (unpaired) electrons. The van der Waals surface area contributed by atoms with Crippen LogP contribution >= 0.6 is 22.6 Å². The molecular weight excluding hydrogens is 496 g/mol. The van der Waals surface area contributed by atoms with Crippen LogP contribution in [0.2, 0.25) is 0 Å². The lowest BCUT2D eigenvalue weighted by atomic mass is 10.00. The Balaban J connectivity index is 2.55. The van der Waals surface area contributed by atoms with Crippen LogP contribution < -0.4 is 11.2 Å². The second-order valence-electron chi connectivity index (χ2n) is 6.50. The summed E-state index contributed by atoms with van der Waals surface area (Å²) in [5.74, 6) is -3.23. The van der Waals surface area contributed by atoms with Crippen LogP contribution in [0.1, 0.15) is 32.6 Å². The molecule has 0 amide bonds. The zero-order valence-electron chi connectivity index (χ0n) is 15.0. The quantitative estimate of drug-likeness (QED) is 0.0809. The normalized spacial score (nSPS) is 31.5. The van der Waals surface area contributed by atoms with E-state index in [1.54, 1.807) is 0 Å². The third kappa shape index (κ3) is 3.77. The number of hydrogen-bond acceptors (Lipinski definition) is 9. The molecule has 2 rings (SSSR count). The summed E-state index contributed by atoms with van der Waals surface area (Å²) in [6.45, 7) is 0.947. The summed E-state index contributed by atoms with van der Waals surface area (Å²) in [7, 11) is 0. The first-order valence-corrected chi connectivity index (χ1v) is 9.68. The Bertz CT molecular complexity index is 806. The van der Waals surface area contributed by atoms with Crippen LogP contribution in [0.4, 0.5) is 4.39 Å². The van der Waals surface area contributed by atoms with E-state index in [1.165, 1.54) is 22.6 Å². The zero-order valence-corrected chi connectivity index (χ0v) is 17.1. The van der Waals surface area contributed by atoms with Gasteiger partial charge in [-0.15, -0.1) is 5.06 Å². The first-order valence-electron chi connectivity index (χ1n) is 8.60.